The molecule has 174 valence electrons. The highest BCUT2D eigenvalue weighted by Gasteiger charge is 2.16. The molecule has 5 nitrogen and oxygen atoms in total. The Morgan fingerprint density at radius 1 is 1.06 bits per heavy atom. The van der Waals surface area contributed by atoms with Crippen LogP contribution in [-0.2, 0) is 4.79 Å². The normalized spacial score (nSPS) is 14.3. The number of hydrogen-bond acceptors (Lipinski definition) is 4. The molecule has 1 fully saturated rings. The molecular formula is C27H24ClFN2O3. The molecule has 7 heteroatoms. The monoisotopic (exact) mass is 478 g/mol. The van der Waals surface area contributed by atoms with Crippen LogP contribution in [0.1, 0.15) is 43.6 Å². The number of halogens is 2. The number of amides is 1. The zero-order chi connectivity index (χ0) is 23.5. The van der Waals surface area contributed by atoms with Gasteiger partial charge in [-0.05, 0) is 72.9 Å². The van der Waals surface area contributed by atoms with Crippen LogP contribution >= 0.6 is 11.6 Å². The van der Waals surface area contributed by atoms with Gasteiger partial charge in [-0.2, -0.15) is 0 Å². The first-order valence-electron chi connectivity index (χ1n) is 11.4. The minimum Gasteiger partial charge on any atom is -0.484 e. The van der Waals surface area contributed by atoms with Gasteiger partial charge < -0.3 is 14.5 Å². The van der Waals surface area contributed by atoms with Crippen molar-refractivity contribution in [2.24, 2.45) is 0 Å². The molecule has 0 unspecified atom stereocenters. The van der Waals surface area contributed by atoms with E-state index in [4.69, 9.17) is 20.8 Å². The molecule has 1 heterocycles. The molecule has 1 aromatic heterocycles. The number of nitrogens with zero attached hydrogens (tertiary/aromatic N) is 1. The van der Waals surface area contributed by atoms with Crippen LogP contribution in [0.2, 0.25) is 5.02 Å². The first kappa shape index (κ1) is 22.4. The fraction of sp³-hybridized carbons (Fsp3) is 0.259. The fourth-order valence-corrected chi connectivity index (χ4v) is 4.65. The summed E-state index contributed by atoms with van der Waals surface area (Å²) >= 11 is 6.11. The maximum Gasteiger partial charge on any atom is 0.262 e. The fourth-order valence-electron chi connectivity index (χ4n) is 4.40. The van der Waals surface area contributed by atoms with Gasteiger partial charge in [0.05, 0.1) is 10.6 Å². The third kappa shape index (κ3) is 5.07. The predicted molar refractivity (Wildman–Crippen MR) is 131 cm³/mol. The molecule has 0 spiro atoms. The van der Waals surface area contributed by atoms with Gasteiger partial charge in [-0.15, -0.1) is 0 Å². The highest BCUT2D eigenvalue weighted by atomic mass is 35.5. The topological polar surface area (TPSA) is 64.4 Å². The Morgan fingerprint density at radius 2 is 1.85 bits per heavy atom. The Balaban J connectivity index is 1.20. The zero-order valence-corrected chi connectivity index (χ0v) is 19.3. The lowest BCUT2D eigenvalue weighted by atomic mass is 9.84. The van der Waals surface area contributed by atoms with E-state index in [1.54, 1.807) is 18.2 Å². The number of carbonyl (C=O) groups is 1. The van der Waals surface area contributed by atoms with Crippen LogP contribution < -0.4 is 10.1 Å². The second kappa shape index (κ2) is 9.85. The molecule has 34 heavy (non-hydrogen) atoms. The van der Waals surface area contributed by atoms with Crippen molar-refractivity contribution in [3.8, 4) is 17.2 Å². The van der Waals surface area contributed by atoms with Gasteiger partial charge in [-0.25, -0.2) is 9.37 Å². The van der Waals surface area contributed by atoms with E-state index in [1.807, 2.05) is 12.1 Å². The summed E-state index contributed by atoms with van der Waals surface area (Å²) in [7, 11) is 0. The number of hydrogen-bond donors (Lipinski definition) is 1. The van der Waals surface area contributed by atoms with Crippen molar-refractivity contribution >= 4 is 34.3 Å². The largest absolute Gasteiger partial charge is 0.484 e. The van der Waals surface area contributed by atoms with E-state index in [0.29, 0.717) is 34.0 Å². The number of benzene rings is 3. The van der Waals surface area contributed by atoms with Crippen molar-refractivity contribution in [3.05, 3.63) is 77.1 Å². The number of carbonyl (C=O) groups excluding carboxylic acids is 1. The molecule has 3 aromatic carbocycles. The molecular weight excluding hydrogens is 455 g/mol. The highest BCUT2D eigenvalue weighted by Crippen LogP contribution is 2.33. The van der Waals surface area contributed by atoms with Crippen molar-refractivity contribution in [1.82, 2.24) is 4.98 Å². The third-order valence-corrected chi connectivity index (χ3v) is 6.47. The van der Waals surface area contributed by atoms with E-state index in [-0.39, 0.29) is 23.4 Å². The van der Waals surface area contributed by atoms with Crippen LogP contribution in [0.3, 0.4) is 0 Å². The number of rotatable bonds is 6. The first-order chi connectivity index (χ1) is 16.5. The lowest BCUT2D eigenvalue weighted by molar-refractivity contribution is -0.118. The molecule has 0 saturated heterocycles. The number of fused-ring (bicyclic) bond motifs is 1. The highest BCUT2D eigenvalue weighted by molar-refractivity contribution is 6.33. The number of oxazole rings is 1. The Bertz CT molecular complexity index is 1310. The molecule has 1 N–H and O–H groups in total. The van der Waals surface area contributed by atoms with Crippen LogP contribution in [0.5, 0.6) is 5.75 Å². The Labute approximate surface area is 201 Å². The molecule has 5 rings (SSSR count). The summed E-state index contributed by atoms with van der Waals surface area (Å²) < 4.78 is 24.7. The van der Waals surface area contributed by atoms with Crippen molar-refractivity contribution in [2.75, 3.05) is 11.9 Å². The third-order valence-electron chi connectivity index (χ3n) is 6.16. The lowest BCUT2D eigenvalue weighted by Crippen LogP contribution is -2.20. The Hall–Kier alpha value is -3.38. The summed E-state index contributed by atoms with van der Waals surface area (Å²) in [6.45, 7) is -0.101. The maximum atomic E-state index is 13.3. The van der Waals surface area contributed by atoms with E-state index in [2.05, 4.69) is 22.4 Å². The zero-order valence-electron chi connectivity index (χ0n) is 18.5. The van der Waals surface area contributed by atoms with Crippen molar-refractivity contribution in [3.63, 3.8) is 0 Å². The van der Waals surface area contributed by atoms with Crippen LogP contribution in [-0.4, -0.2) is 17.5 Å². The summed E-state index contributed by atoms with van der Waals surface area (Å²) in [5.41, 5.74) is 3.49. The van der Waals surface area contributed by atoms with Gasteiger partial charge in [0, 0.05) is 5.69 Å². The number of nitrogens with one attached hydrogen (secondary N) is 1. The summed E-state index contributed by atoms with van der Waals surface area (Å²) in [4.78, 5) is 16.8. The summed E-state index contributed by atoms with van der Waals surface area (Å²) in [6, 6.07) is 17.2. The molecule has 0 radical (unpaired) electrons. The second-order valence-electron chi connectivity index (χ2n) is 8.57. The minimum absolute atomic E-state index is 0.101. The Kier molecular flexibility index (Phi) is 6.50. The molecule has 0 aliphatic heterocycles. The minimum atomic E-state index is -0.433. The molecule has 1 saturated carbocycles. The predicted octanol–water partition coefficient (Wildman–Crippen LogP) is 7.35. The van der Waals surface area contributed by atoms with Crippen LogP contribution in [0.15, 0.2) is 65.1 Å². The van der Waals surface area contributed by atoms with Gasteiger partial charge in [-0.1, -0.05) is 43.0 Å². The average molecular weight is 479 g/mol. The van der Waals surface area contributed by atoms with E-state index >= 15 is 0 Å². The average Bonchev–Trinajstić information content (AvgIpc) is 3.26. The van der Waals surface area contributed by atoms with E-state index < -0.39 is 5.82 Å². The molecule has 1 aliphatic carbocycles. The van der Waals surface area contributed by atoms with Crippen molar-refractivity contribution in [2.45, 2.75) is 38.0 Å². The van der Waals surface area contributed by atoms with Crippen LogP contribution in [0, 0.1) is 5.82 Å². The number of ether oxygens (including phenoxy) is 1. The van der Waals surface area contributed by atoms with Gasteiger partial charge in [0.25, 0.3) is 5.91 Å². The molecule has 0 bridgehead atoms. The molecule has 1 aliphatic rings. The van der Waals surface area contributed by atoms with Gasteiger partial charge in [0.2, 0.25) is 5.89 Å². The lowest BCUT2D eigenvalue weighted by Gasteiger charge is -2.22. The Morgan fingerprint density at radius 3 is 2.62 bits per heavy atom. The number of aromatic nitrogens is 1. The molecule has 0 atom stereocenters. The van der Waals surface area contributed by atoms with Gasteiger partial charge in [0.15, 0.2) is 12.2 Å². The van der Waals surface area contributed by atoms with Gasteiger partial charge in [-0.3, -0.25) is 4.79 Å². The van der Waals surface area contributed by atoms with Gasteiger partial charge in [0.1, 0.15) is 17.1 Å². The molecule has 4 aromatic rings. The smallest absolute Gasteiger partial charge is 0.262 e. The second-order valence-corrected chi connectivity index (χ2v) is 8.97. The summed E-state index contributed by atoms with van der Waals surface area (Å²) in [6.07, 6.45) is 6.42. The van der Waals surface area contributed by atoms with E-state index in [1.165, 1.54) is 55.9 Å². The van der Waals surface area contributed by atoms with Crippen molar-refractivity contribution in [1.29, 1.82) is 0 Å². The standard InChI is InChI=1S/C27H24ClFN2O3/c28-23-14-19(29)8-12-22(23)27-31-24-15-20(9-13-25(24)34-27)30-26(32)16-33-21-10-6-18(7-11-21)17-4-2-1-3-5-17/h6-15,17H,1-5,16H2,(H,30,32). The van der Waals surface area contributed by atoms with Gasteiger partial charge >= 0.3 is 0 Å². The van der Waals surface area contributed by atoms with E-state index in [9.17, 15) is 9.18 Å². The molecule has 1 amide bonds. The van der Waals surface area contributed by atoms with Crippen molar-refractivity contribution < 1.29 is 18.3 Å². The SMILES string of the molecule is O=C(COc1ccc(C2CCCCC2)cc1)Nc1ccc2oc(-c3ccc(F)cc3Cl)nc2c1. The number of anilines is 1. The first-order valence-corrected chi connectivity index (χ1v) is 11.8. The quantitative estimate of drug-likeness (QED) is 0.314. The maximum absolute atomic E-state index is 13.3. The summed E-state index contributed by atoms with van der Waals surface area (Å²) in [5, 5.41) is 3.03. The van der Waals surface area contributed by atoms with Crippen LogP contribution in [0.25, 0.3) is 22.6 Å². The van der Waals surface area contributed by atoms with E-state index in [0.717, 1.165) is 0 Å². The summed E-state index contributed by atoms with van der Waals surface area (Å²) in [5.74, 6) is 0.876. The van der Waals surface area contributed by atoms with Crippen LogP contribution in [0.4, 0.5) is 10.1 Å².